The van der Waals surface area contributed by atoms with Gasteiger partial charge in [-0.05, 0) is 61.7 Å². The molecule has 1 N–H and O–H groups in total. The summed E-state index contributed by atoms with van der Waals surface area (Å²) in [4.78, 5) is 18.9. The van der Waals surface area contributed by atoms with E-state index in [1.54, 1.807) is 42.6 Å². The second-order valence-electron chi connectivity index (χ2n) is 6.76. The van der Waals surface area contributed by atoms with Crippen LogP contribution in [0, 0.1) is 5.92 Å². The van der Waals surface area contributed by atoms with Gasteiger partial charge in [-0.25, -0.2) is 4.98 Å². The summed E-state index contributed by atoms with van der Waals surface area (Å²) in [6.07, 6.45) is 3.92. The standard InChI is InChI=1S/C19H20ClN3O2/c20-18-6-5-17(10-21-18)25-16-3-1-14(2-4-16)19(24)22-15-9-13-7-8-23(11-13)12-15/h1-6,10,13,15H,7-9,11-12H2,(H,22,24)/t13-,15+/m0/s1. The third kappa shape index (κ3) is 3.94. The van der Waals surface area contributed by atoms with Crippen molar-refractivity contribution in [3.8, 4) is 11.5 Å². The summed E-state index contributed by atoms with van der Waals surface area (Å²) < 4.78 is 5.69. The predicted octanol–water partition coefficient (Wildman–Crippen LogP) is 3.35. The van der Waals surface area contributed by atoms with Crippen molar-refractivity contribution in [2.24, 2.45) is 5.92 Å². The van der Waals surface area contributed by atoms with Gasteiger partial charge in [-0.2, -0.15) is 0 Å². The maximum atomic E-state index is 12.5. The van der Waals surface area contributed by atoms with Crippen molar-refractivity contribution in [3.63, 3.8) is 0 Å². The summed E-state index contributed by atoms with van der Waals surface area (Å²) in [5.74, 6) is 1.98. The zero-order chi connectivity index (χ0) is 17.2. The Morgan fingerprint density at radius 3 is 2.68 bits per heavy atom. The number of carbonyl (C=O) groups excluding carboxylic acids is 1. The van der Waals surface area contributed by atoms with Gasteiger partial charge in [0.15, 0.2) is 0 Å². The highest BCUT2D eigenvalue weighted by Gasteiger charge is 2.32. The molecule has 2 saturated heterocycles. The van der Waals surface area contributed by atoms with Gasteiger partial charge in [-0.15, -0.1) is 0 Å². The molecule has 2 bridgehead atoms. The van der Waals surface area contributed by atoms with E-state index in [1.807, 2.05) is 0 Å². The Labute approximate surface area is 152 Å². The average molecular weight is 358 g/mol. The Kier molecular flexibility index (Phi) is 4.59. The second kappa shape index (κ2) is 7.02. The molecule has 3 atom stereocenters. The highest BCUT2D eigenvalue weighted by Crippen LogP contribution is 2.27. The fourth-order valence-electron chi connectivity index (χ4n) is 3.67. The monoisotopic (exact) mass is 357 g/mol. The summed E-state index contributed by atoms with van der Waals surface area (Å²) in [5, 5.41) is 3.59. The summed E-state index contributed by atoms with van der Waals surface area (Å²) >= 11 is 5.76. The van der Waals surface area contributed by atoms with Crippen LogP contribution in [0.4, 0.5) is 0 Å². The van der Waals surface area contributed by atoms with Crippen LogP contribution in [0.1, 0.15) is 23.2 Å². The third-order valence-corrected chi connectivity index (χ3v) is 5.08. The molecule has 6 heteroatoms. The van der Waals surface area contributed by atoms with E-state index in [0.717, 1.165) is 18.9 Å². The van der Waals surface area contributed by atoms with Gasteiger partial charge in [0.2, 0.25) is 0 Å². The molecule has 5 nitrogen and oxygen atoms in total. The van der Waals surface area contributed by atoms with E-state index in [-0.39, 0.29) is 11.9 Å². The Morgan fingerprint density at radius 1 is 1.16 bits per heavy atom. The van der Waals surface area contributed by atoms with Gasteiger partial charge in [-0.3, -0.25) is 4.79 Å². The lowest BCUT2D eigenvalue weighted by Crippen LogP contribution is -2.46. The topological polar surface area (TPSA) is 54.5 Å². The van der Waals surface area contributed by atoms with E-state index in [2.05, 4.69) is 15.2 Å². The number of rotatable bonds is 4. The number of pyridine rings is 1. The van der Waals surface area contributed by atoms with Crippen LogP contribution < -0.4 is 10.1 Å². The molecule has 2 aromatic rings. The highest BCUT2D eigenvalue weighted by molar-refractivity contribution is 6.29. The Balaban J connectivity index is 1.36. The molecule has 2 aliphatic rings. The molecule has 2 aliphatic heterocycles. The van der Waals surface area contributed by atoms with Crippen molar-refractivity contribution in [1.82, 2.24) is 15.2 Å². The van der Waals surface area contributed by atoms with Crippen LogP contribution in [0.5, 0.6) is 11.5 Å². The molecule has 25 heavy (non-hydrogen) atoms. The van der Waals surface area contributed by atoms with Gasteiger partial charge in [0.25, 0.3) is 5.91 Å². The van der Waals surface area contributed by atoms with Gasteiger partial charge >= 0.3 is 0 Å². The molecule has 1 amide bonds. The minimum atomic E-state index is -0.0211. The van der Waals surface area contributed by atoms with E-state index in [9.17, 15) is 4.79 Å². The maximum Gasteiger partial charge on any atom is 0.251 e. The lowest BCUT2D eigenvalue weighted by Gasteiger charge is -2.30. The van der Waals surface area contributed by atoms with Crippen molar-refractivity contribution in [3.05, 3.63) is 53.3 Å². The van der Waals surface area contributed by atoms with Gasteiger partial charge in [-0.1, -0.05) is 11.6 Å². The number of fused-ring (bicyclic) bond motifs is 2. The first-order valence-electron chi connectivity index (χ1n) is 8.58. The number of carbonyl (C=O) groups is 1. The molecule has 1 aromatic heterocycles. The Hall–Kier alpha value is -2.11. The largest absolute Gasteiger partial charge is 0.456 e. The normalized spacial score (nSPS) is 24.8. The second-order valence-corrected chi connectivity index (χ2v) is 7.15. The van der Waals surface area contributed by atoms with Gasteiger partial charge in [0.1, 0.15) is 16.7 Å². The quantitative estimate of drug-likeness (QED) is 0.852. The zero-order valence-electron chi connectivity index (χ0n) is 13.8. The minimum Gasteiger partial charge on any atom is -0.456 e. The minimum absolute atomic E-state index is 0.0211. The van der Waals surface area contributed by atoms with Crippen LogP contribution in [0.15, 0.2) is 42.6 Å². The number of benzene rings is 1. The first-order chi connectivity index (χ1) is 12.2. The van der Waals surface area contributed by atoms with Crippen molar-refractivity contribution < 1.29 is 9.53 Å². The van der Waals surface area contributed by atoms with Gasteiger partial charge in [0, 0.05) is 24.7 Å². The van der Waals surface area contributed by atoms with Crippen LogP contribution in [0.25, 0.3) is 0 Å². The third-order valence-electron chi connectivity index (χ3n) is 4.85. The number of hydrogen-bond acceptors (Lipinski definition) is 4. The summed E-state index contributed by atoms with van der Waals surface area (Å²) in [5.41, 5.74) is 0.648. The lowest BCUT2D eigenvalue weighted by atomic mass is 9.96. The van der Waals surface area contributed by atoms with E-state index in [1.165, 1.54) is 19.5 Å². The molecule has 2 fully saturated rings. The summed E-state index contributed by atoms with van der Waals surface area (Å²) in [6.45, 7) is 3.33. The van der Waals surface area contributed by atoms with Crippen LogP contribution in [0.2, 0.25) is 5.15 Å². The molecule has 3 heterocycles. The molecular weight excluding hydrogens is 338 g/mol. The fourth-order valence-corrected chi connectivity index (χ4v) is 3.78. The summed E-state index contributed by atoms with van der Waals surface area (Å²) in [7, 11) is 0. The average Bonchev–Trinajstić information content (AvgIpc) is 2.96. The van der Waals surface area contributed by atoms with Crippen LogP contribution in [-0.4, -0.2) is 41.5 Å². The molecule has 0 spiro atoms. The molecule has 0 saturated carbocycles. The number of nitrogens with zero attached hydrogens (tertiary/aromatic N) is 2. The Morgan fingerprint density at radius 2 is 1.96 bits per heavy atom. The van der Waals surface area contributed by atoms with Crippen LogP contribution in [0.3, 0.4) is 0 Å². The first-order valence-corrected chi connectivity index (χ1v) is 8.96. The van der Waals surface area contributed by atoms with E-state index < -0.39 is 0 Å². The number of aromatic nitrogens is 1. The number of nitrogens with one attached hydrogen (secondary N) is 1. The molecule has 4 rings (SSSR count). The first kappa shape index (κ1) is 16.4. The van der Waals surface area contributed by atoms with Crippen LogP contribution in [-0.2, 0) is 0 Å². The van der Waals surface area contributed by atoms with Gasteiger partial charge < -0.3 is 15.0 Å². The van der Waals surface area contributed by atoms with Gasteiger partial charge in [0.05, 0.1) is 6.20 Å². The van der Waals surface area contributed by atoms with Crippen molar-refractivity contribution in [2.75, 3.05) is 19.6 Å². The number of amides is 1. The van der Waals surface area contributed by atoms with Crippen molar-refractivity contribution in [1.29, 1.82) is 0 Å². The fraction of sp³-hybridized carbons (Fsp3) is 0.368. The van der Waals surface area contributed by atoms with E-state index in [0.29, 0.717) is 22.2 Å². The zero-order valence-corrected chi connectivity index (χ0v) is 14.6. The number of hydrogen-bond donors (Lipinski definition) is 1. The molecule has 1 aromatic carbocycles. The van der Waals surface area contributed by atoms with Crippen molar-refractivity contribution in [2.45, 2.75) is 18.9 Å². The number of halogens is 1. The number of piperidine rings is 1. The van der Waals surface area contributed by atoms with Crippen LogP contribution >= 0.6 is 11.6 Å². The predicted molar refractivity (Wildman–Crippen MR) is 96.2 cm³/mol. The lowest BCUT2D eigenvalue weighted by molar-refractivity contribution is 0.0909. The van der Waals surface area contributed by atoms with E-state index >= 15 is 0 Å². The van der Waals surface area contributed by atoms with Crippen molar-refractivity contribution >= 4 is 17.5 Å². The smallest absolute Gasteiger partial charge is 0.251 e. The maximum absolute atomic E-state index is 12.5. The van der Waals surface area contributed by atoms with E-state index in [4.69, 9.17) is 16.3 Å². The molecule has 0 radical (unpaired) electrons. The molecule has 1 unspecified atom stereocenters. The summed E-state index contributed by atoms with van der Waals surface area (Å²) in [6, 6.07) is 10.8. The molecule has 0 aliphatic carbocycles. The number of ether oxygens (including phenoxy) is 1. The highest BCUT2D eigenvalue weighted by atomic mass is 35.5. The molecule has 130 valence electrons. The Bertz CT molecular complexity index is 736. The molecular formula is C19H20ClN3O2. The SMILES string of the molecule is O=C(N[C@@H]1C[C@@H]2CCN(C2)C1)c1ccc(Oc2ccc(Cl)nc2)cc1.